The van der Waals surface area contributed by atoms with Crippen LogP contribution in [0, 0.1) is 5.92 Å². The van der Waals surface area contributed by atoms with E-state index in [9.17, 15) is 5.11 Å². The zero-order valence-electron chi connectivity index (χ0n) is 8.22. The Bertz CT molecular complexity index is 272. The standard InChI is InChI=1S/C10H15NO2S/c1-13-10(7-2-3-7)9(12)4-8-5-11-6-14-8/h5-7,9-10,12H,2-4H2,1H3. The van der Waals surface area contributed by atoms with E-state index in [1.165, 1.54) is 12.8 Å². The molecule has 0 spiro atoms. The second-order valence-electron chi connectivity index (χ2n) is 3.78. The molecule has 0 saturated heterocycles. The second kappa shape index (κ2) is 4.38. The van der Waals surface area contributed by atoms with Gasteiger partial charge in [0.2, 0.25) is 0 Å². The molecule has 1 N–H and O–H groups in total. The van der Waals surface area contributed by atoms with E-state index in [-0.39, 0.29) is 12.2 Å². The summed E-state index contributed by atoms with van der Waals surface area (Å²) in [7, 11) is 1.68. The van der Waals surface area contributed by atoms with Gasteiger partial charge in [-0.3, -0.25) is 4.98 Å². The van der Waals surface area contributed by atoms with E-state index in [1.807, 2.05) is 6.20 Å². The van der Waals surface area contributed by atoms with Gasteiger partial charge in [-0.05, 0) is 18.8 Å². The molecular weight excluding hydrogens is 198 g/mol. The quantitative estimate of drug-likeness (QED) is 0.805. The van der Waals surface area contributed by atoms with Crippen molar-refractivity contribution in [2.24, 2.45) is 5.92 Å². The lowest BCUT2D eigenvalue weighted by Gasteiger charge is -2.20. The van der Waals surface area contributed by atoms with Gasteiger partial charge in [-0.15, -0.1) is 11.3 Å². The lowest BCUT2D eigenvalue weighted by Crippen LogP contribution is -2.31. The predicted molar refractivity (Wildman–Crippen MR) is 55.3 cm³/mol. The Balaban J connectivity index is 1.90. The Morgan fingerprint density at radius 1 is 1.71 bits per heavy atom. The molecule has 78 valence electrons. The molecule has 0 aliphatic heterocycles. The highest BCUT2D eigenvalue weighted by Crippen LogP contribution is 2.36. The molecule has 14 heavy (non-hydrogen) atoms. The van der Waals surface area contributed by atoms with Crippen molar-refractivity contribution in [3.63, 3.8) is 0 Å². The molecule has 1 fully saturated rings. The summed E-state index contributed by atoms with van der Waals surface area (Å²) in [5.74, 6) is 0.572. The maximum absolute atomic E-state index is 9.95. The van der Waals surface area contributed by atoms with Gasteiger partial charge in [0.25, 0.3) is 0 Å². The number of aromatic nitrogens is 1. The fraction of sp³-hybridized carbons (Fsp3) is 0.700. The van der Waals surface area contributed by atoms with Crippen LogP contribution in [-0.2, 0) is 11.2 Å². The third-order valence-corrected chi connectivity index (χ3v) is 3.43. The Kier molecular flexibility index (Phi) is 3.15. The van der Waals surface area contributed by atoms with E-state index in [0.717, 1.165) is 4.88 Å². The molecule has 1 aliphatic carbocycles. The Morgan fingerprint density at radius 2 is 2.50 bits per heavy atom. The van der Waals surface area contributed by atoms with Crippen molar-refractivity contribution < 1.29 is 9.84 Å². The topological polar surface area (TPSA) is 42.4 Å². The number of ether oxygens (including phenoxy) is 1. The monoisotopic (exact) mass is 213 g/mol. The summed E-state index contributed by atoms with van der Waals surface area (Å²) >= 11 is 1.58. The molecule has 0 bridgehead atoms. The number of aliphatic hydroxyl groups excluding tert-OH is 1. The van der Waals surface area contributed by atoms with E-state index >= 15 is 0 Å². The first-order chi connectivity index (χ1) is 6.81. The molecule has 0 radical (unpaired) electrons. The number of hydrogen-bond acceptors (Lipinski definition) is 4. The lowest BCUT2D eigenvalue weighted by molar-refractivity contribution is -0.0234. The van der Waals surface area contributed by atoms with Crippen LogP contribution >= 0.6 is 11.3 Å². The molecule has 1 saturated carbocycles. The van der Waals surface area contributed by atoms with Gasteiger partial charge in [-0.1, -0.05) is 0 Å². The van der Waals surface area contributed by atoms with Gasteiger partial charge in [-0.25, -0.2) is 0 Å². The van der Waals surface area contributed by atoms with E-state index in [4.69, 9.17) is 4.74 Å². The van der Waals surface area contributed by atoms with Crippen LogP contribution < -0.4 is 0 Å². The first-order valence-electron chi connectivity index (χ1n) is 4.89. The molecular formula is C10H15NO2S. The minimum atomic E-state index is -0.382. The highest BCUT2D eigenvalue weighted by atomic mass is 32.1. The lowest BCUT2D eigenvalue weighted by atomic mass is 10.1. The Hall–Kier alpha value is -0.450. The van der Waals surface area contributed by atoms with Crippen LogP contribution in [0.1, 0.15) is 17.7 Å². The molecule has 1 heterocycles. The zero-order valence-corrected chi connectivity index (χ0v) is 9.04. The average Bonchev–Trinajstić information content (AvgIpc) is 2.86. The third kappa shape index (κ3) is 2.32. The smallest absolute Gasteiger partial charge is 0.0861 e. The maximum Gasteiger partial charge on any atom is 0.0861 e. The molecule has 0 aromatic carbocycles. The van der Waals surface area contributed by atoms with Gasteiger partial charge in [0.1, 0.15) is 0 Å². The van der Waals surface area contributed by atoms with Gasteiger partial charge < -0.3 is 9.84 Å². The molecule has 1 aliphatic rings. The highest BCUT2D eigenvalue weighted by molar-refractivity contribution is 7.09. The van der Waals surface area contributed by atoms with E-state index in [0.29, 0.717) is 12.3 Å². The largest absolute Gasteiger partial charge is 0.390 e. The van der Waals surface area contributed by atoms with Crippen molar-refractivity contribution >= 4 is 11.3 Å². The maximum atomic E-state index is 9.95. The van der Waals surface area contributed by atoms with Crippen LogP contribution in [0.5, 0.6) is 0 Å². The van der Waals surface area contributed by atoms with Crippen LogP contribution in [0.4, 0.5) is 0 Å². The van der Waals surface area contributed by atoms with Crippen LogP contribution in [0.15, 0.2) is 11.7 Å². The van der Waals surface area contributed by atoms with Crippen molar-refractivity contribution in [1.82, 2.24) is 4.98 Å². The van der Waals surface area contributed by atoms with E-state index < -0.39 is 0 Å². The second-order valence-corrected chi connectivity index (χ2v) is 4.75. The minimum absolute atomic E-state index is 0.0112. The van der Waals surface area contributed by atoms with Gasteiger partial charge in [-0.2, -0.15) is 0 Å². The molecule has 1 aromatic rings. The first kappa shape index (κ1) is 10.1. The fourth-order valence-corrected chi connectivity index (χ4v) is 2.40. The molecule has 2 rings (SSSR count). The number of thiazole rings is 1. The van der Waals surface area contributed by atoms with Crippen LogP contribution in [0.3, 0.4) is 0 Å². The molecule has 0 amide bonds. The fourth-order valence-electron chi connectivity index (χ4n) is 1.75. The third-order valence-electron chi connectivity index (χ3n) is 2.63. The van der Waals surface area contributed by atoms with Gasteiger partial charge in [0, 0.05) is 24.6 Å². The van der Waals surface area contributed by atoms with Crippen LogP contribution in [0.2, 0.25) is 0 Å². The van der Waals surface area contributed by atoms with Gasteiger partial charge in [0.05, 0.1) is 17.7 Å². The number of methoxy groups -OCH3 is 1. The number of nitrogens with zero attached hydrogens (tertiary/aromatic N) is 1. The highest BCUT2D eigenvalue weighted by Gasteiger charge is 2.36. The first-order valence-corrected chi connectivity index (χ1v) is 5.77. The van der Waals surface area contributed by atoms with Gasteiger partial charge in [0.15, 0.2) is 0 Å². The predicted octanol–water partition coefficient (Wildman–Crippen LogP) is 1.47. The van der Waals surface area contributed by atoms with Gasteiger partial charge >= 0.3 is 0 Å². The normalized spacial score (nSPS) is 20.7. The Labute approximate surface area is 87.7 Å². The summed E-state index contributed by atoms with van der Waals surface area (Å²) in [6, 6.07) is 0. The van der Waals surface area contributed by atoms with Crippen molar-refractivity contribution in [3.05, 3.63) is 16.6 Å². The van der Waals surface area contributed by atoms with E-state index in [2.05, 4.69) is 4.98 Å². The summed E-state index contributed by atoms with van der Waals surface area (Å²) in [5.41, 5.74) is 1.79. The summed E-state index contributed by atoms with van der Waals surface area (Å²) in [6.45, 7) is 0. The summed E-state index contributed by atoms with van der Waals surface area (Å²) in [4.78, 5) is 5.11. The molecule has 2 atom stereocenters. The minimum Gasteiger partial charge on any atom is -0.390 e. The number of rotatable bonds is 5. The number of hydrogen-bond donors (Lipinski definition) is 1. The van der Waals surface area contributed by atoms with Crippen molar-refractivity contribution in [2.45, 2.75) is 31.5 Å². The summed E-state index contributed by atoms with van der Waals surface area (Å²) < 4.78 is 5.32. The van der Waals surface area contributed by atoms with E-state index in [1.54, 1.807) is 24.0 Å². The molecule has 4 heteroatoms. The SMILES string of the molecule is COC(C(O)Cc1cncs1)C1CC1. The summed E-state index contributed by atoms with van der Waals surface area (Å²) in [5, 5.41) is 9.95. The van der Waals surface area contributed by atoms with Crippen LogP contribution in [-0.4, -0.2) is 29.4 Å². The van der Waals surface area contributed by atoms with Crippen molar-refractivity contribution in [2.75, 3.05) is 7.11 Å². The average molecular weight is 213 g/mol. The van der Waals surface area contributed by atoms with Crippen LogP contribution in [0.25, 0.3) is 0 Å². The van der Waals surface area contributed by atoms with Crippen molar-refractivity contribution in [1.29, 1.82) is 0 Å². The van der Waals surface area contributed by atoms with Crippen molar-refractivity contribution in [3.8, 4) is 0 Å². The molecule has 1 aromatic heterocycles. The number of aliphatic hydroxyl groups is 1. The Morgan fingerprint density at radius 3 is 3.00 bits per heavy atom. The molecule has 3 nitrogen and oxygen atoms in total. The molecule has 2 unspecified atom stereocenters. The zero-order chi connectivity index (χ0) is 9.97. The summed E-state index contributed by atoms with van der Waals surface area (Å²) in [6.07, 6.45) is 4.49.